The topological polar surface area (TPSA) is 50.8 Å². The minimum Gasteiger partial charge on any atom is -0.478 e. The van der Waals surface area contributed by atoms with Gasteiger partial charge in [-0.1, -0.05) is 24.3 Å². The van der Waals surface area contributed by atoms with Gasteiger partial charge in [-0.05, 0) is 25.5 Å². The quantitative estimate of drug-likeness (QED) is 0.779. The van der Waals surface area contributed by atoms with Gasteiger partial charge in [0.05, 0.1) is 12.1 Å². The molecule has 4 heteroatoms. The average Bonchev–Trinajstić information content (AvgIpc) is 2.82. The van der Waals surface area contributed by atoms with Crippen molar-refractivity contribution in [2.45, 2.75) is 13.8 Å². The summed E-state index contributed by atoms with van der Waals surface area (Å²) in [6.07, 6.45) is 0. The van der Waals surface area contributed by atoms with Gasteiger partial charge in [-0.2, -0.15) is 4.98 Å². The number of hydrogen-bond donors (Lipinski definition) is 1. The number of nitrogens with one attached hydrogen (secondary N) is 1. The van der Waals surface area contributed by atoms with Crippen molar-refractivity contribution in [3.63, 3.8) is 0 Å². The van der Waals surface area contributed by atoms with Crippen LogP contribution in [0, 0.1) is 6.92 Å². The number of imidazole rings is 1. The number of ether oxygens (including phenoxy) is 1. The maximum absolute atomic E-state index is 5.39. The summed E-state index contributed by atoms with van der Waals surface area (Å²) in [6.45, 7) is 4.62. The number of H-pyrrole nitrogens is 1. The van der Waals surface area contributed by atoms with E-state index in [1.165, 1.54) is 5.56 Å². The molecule has 0 spiro atoms. The van der Waals surface area contributed by atoms with Crippen LogP contribution in [0.25, 0.3) is 22.6 Å². The Balaban J connectivity index is 2.09. The van der Waals surface area contributed by atoms with E-state index in [4.69, 9.17) is 4.74 Å². The van der Waals surface area contributed by atoms with E-state index >= 15 is 0 Å². The van der Waals surface area contributed by atoms with Crippen molar-refractivity contribution in [3.05, 3.63) is 42.0 Å². The maximum Gasteiger partial charge on any atom is 0.215 e. The highest BCUT2D eigenvalue weighted by molar-refractivity contribution is 5.77. The summed E-state index contributed by atoms with van der Waals surface area (Å²) in [7, 11) is 0. The van der Waals surface area contributed by atoms with Crippen molar-refractivity contribution < 1.29 is 4.74 Å². The number of fused-ring (bicyclic) bond motifs is 1. The molecule has 0 aliphatic rings. The van der Waals surface area contributed by atoms with Gasteiger partial charge in [0.15, 0.2) is 5.65 Å². The van der Waals surface area contributed by atoms with Crippen LogP contribution < -0.4 is 4.74 Å². The molecule has 0 saturated heterocycles. The molecule has 2 aromatic heterocycles. The summed E-state index contributed by atoms with van der Waals surface area (Å²) in [6, 6.07) is 12.0. The molecule has 0 unspecified atom stereocenters. The fraction of sp³-hybridized carbons (Fsp3) is 0.200. The van der Waals surface area contributed by atoms with Gasteiger partial charge in [0, 0.05) is 11.6 Å². The predicted octanol–water partition coefficient (Wildman–Crippen LogP) is 3.33. The van der Waals surface area contributed by atoms with E-state index < -0.39 is 0 Å². The van der Waals surface area contributed by atoms with E-state index in [1.54, 1.807) is 0 Å². The molecule has 0 amide bonds. The van der Waals surface area contributed by atoms with Crippen molar-refractivity contribution in [2.24, 2.45) is 0 Å². The number of hydrogen-bond acceptors (Lipinski definition) is 3. The lowest BCUT2D eigenvalue weighted by molar-refractivity contribution is 0.328. The third kappa shape index (κ3) is 2.17. The van der Waals surface area contributed by atoms with Crippen LogP contribution in [0.4, 0.5) is 0 Å². The molecule has 2 heterocycles. The van der Waals surface area contributed by atoms with Gasteiger partial charge in [-0.3, -0.25) is 0 Å². The lowest BCUT2D eigenvalue weighted by Crippen LogP contribution is -1.93. The zero-order valence-corrected chi connectivity index (χ0v) is 11.0. The Kier molecular flexibility index (Phi) is 2.91. The highest BCUT2D eigenvalue weighted by Gasteiger charge is 2.09. The van der Waals surface area contributed by atoms with Crippen molar-refractivity contribution in [1.29, 1.82) is 0 Å². The van der Waals surface area contributed by atoms with Crippen LogP contribution in [0.15, 0.2) is 36.4 Å². The number of pyridine rings is 1. The Bertz CT molecular complexity index is 718. The van der Waals surface area contributed by atoms with E-state index in [9.17, 15) is 0 Å². The van der Waals surface area contributed by atoms with Crippen LogP contribution in [0.2, 0.25) is 0 Å². The maximum atomic E-state index is 5.39. The summed E-state index contributed by atoms with van der Waals surface area (Å²) in [5.41, 5.74) is 3.89. The summed E-state index contributed by atoms with van der Waals surface area (Å²) >= 11 is 0. The summed E-state index contributed by atoms with van der Waals surface area (Å²) in [4.78, 5) is 12.2. The summed E-state index contributed by atoms with van der Waals surface area (Å²) in [5, 5.41) is 0. The van der Waals surface area contributed by atoms with Gasteiger partial charge in [0.1, 0.15) is 5.82 Å². The Labute approximate surface area is 111 Å². The fourth-order valence-corrected chi connectivity index (χ4v) is 2.07. The van der Waals surface area contributed by atoms with Gasteiger partial charge in [0.25, 0.3) is 0 Å². The third-order valence-electron chi connectivity index (χ3n) is 3.01. The molecule has 4 nitrogen and oxygen atoms in total. The zero-order chi connectivity index (χ0) is 13.2. The first-order chi connectivity index (χ1) is 9.28. The van der Waals surface area contributed by atoms with Crippen molar-refractivity contribution in [2.75, 3.05) is 6.61 Å². The fourth-order valence-electron chi connectivity index (χ4n) is 2.07. The lowest BCUT2D eigenvalue weighted by atomic mass is 10.1. The molecular weight excluding hydrogens is 238 g/mol. The Morgan fingerprint density at radius 3 is 2.74 bits per heavy atom. The number of benzene rings is 1. The largest absolute Gasteiger partial charge is 0.478 e. The second-order valence-electron chi connectivity index (χ2n) is 4.35. The standard InChI is InChI=1S/C15H15N3O/c1-3-19-13-9-8-12-15(17-13)18-14(16-12)11-7-5-4-6-10(11)2/h4-9H,3H2,1-2H3,(H,16,17,18). The summed E-state index contributed by atoms with van der Waals surface area (Å²) in [5.74, 6) is 1.45. The first kappa shape index (κ1) is 11.7. The molecule has 19 heavy (non-hydrogen) atoms. The molecule has 0 saturated carbocycles. The van der Waals surface area contributed by atoms with E-state index in [0.29, 0.717) is 18.1 Å². The summed E-state index contributed by atoms with van der Waals surface area (Å²) < 4.78 is 5.39. The molecule has 0 fully saturated rings. The number of nitrogens with zero attached hydrogens (tertiary/aromatic N) is 2. The van der Waals surface area contributed by atoms with Gasteiger partial charge >= 0.3 is 0 Å². The van der Waals surface area contributed by atoms with Crippen LogP contribution >= 0.6 is 0 Å². The van der Waals surface area contributed by atoms with E-state index in [2.05, 4.69) is 34.0 Å². The van der Waals surface area contributed by atoms with Crippen LogP contribution in [-0.4, -0.2) is 21.6 Å². The first-order valence-electron chi connectivity index (χ1n) is 6.33. The zero-order valence-electron chi connectivity index (χ0n) is 11.0. The highest BCUT2D eigenvalue weighted by Crippen LogP contribution is 2.23. The number of aryl methyl sites for hydroxylation is 1. The minimum atomic E-state index is 0.605. The monoisotopic (exact) mass is 253 g/mol. The number of rotatable bonds is 3. The smallest absolute Gasteiger partial charge is 0.215 e. The molecule has 0 bridgehead atoms. The Morgan fingerprint density at radius 1 is 1.11 bits per heavy atom. The Hall–Kier alpha value is -2.36. The van der Waals surface area contributed by atoms with Crippen LogP contribution in [-0.2, 0) is 0 Å². The molecule has 0 aliphatic carbocycles. The van der Waals surface area contributed by atoms with Gasteiger partial charge in [-0.15, -0.1) is 0 Å². The second kappa shape index (κ2) is 4.72. The molecular formula is C15H15N3O. The minimum absolute atomic E-state index is 0.605. The predicted molar refractivity (Wildman–Crippen MR) is 75.2 cm³/mol. The molecule has 1 N–H and O–H groups in total. The molecule has 0 aliphatic heterocycles. The molecule has 3 aromatic rings. The van der Waals surface area contributed by atoms with Crippen LogP contribution in [0.1, 0.15) is 12.5 Å². The normalized spacial score (nSPS) is 10.8. The van der Waals surface area contributed by atoms with Gasteiger partial charge in [-0.25, -0.2) is 4.98 Å². The van der Waals surface area contributed by atoms with Crippen molar-refractivity contribution >= 4 is 11.2 Å². The SMILES string of the molecule is CCOc1ccc2[nH]c(-c3ccccc3C)nc2n1. The van der Waals surface area contributed by atoms with Gasteiger partial charge < -0.3 is 9.72 Å². The lowest BCUT2D eigenvalue weighted by Gasteiger charge is -2.00. The van der Waals surface area contributed by atoms with Crippen LogP contribution in [0.5, 0.6) is 5.88 Å². The van der Waals surface area contributed by atoms with E-state index in [-0.39, 0.29) is 0 Å². The molecule has 0 atom stereocenters. The first-order valence-corrected chi connectivity index (χ1v) is 6.33. The highest BCUT2D eigenvalue weighted by atomic mass is 16.5. The molecule has 3 rings (SSSR count). The Morgan fingerprint density at radius 2 is 1.95 bits per heavy atom. The van der Waals surface area contributed by atoms with E-state index in [1.807, 2.05) is 31.2 Å². The van der Waals surface area contributed by atoms with Crippen LogP contribution in [0.3, 0.4) is 0 Å². The molecule has 96 valence electrons. The van der Waals surface area contributed by atoms with E-state index in [0.717, 1.165) is 16.9 Å². The molecule has 0 radical (unpaired) electrons. The van der Waals surface area contributed by atoms with Crippen molar-refractivity contribution in [1.82, 2.24) is 15.0 Å². The number of aromatic amines is 1. The van der Waals surface area contributed by atoms with Crippen molar-refractivity contribution in [3.8, 4) is 17.3 Å². The average molecular weight is 253 g/mol. The second-order valence-corrected chi connectivity index (χ2v) is 4.35. The molecule has 1 aromatic carbocycles. The number of aromatic nitrogens is 3. The van der Waals surface area contributed by atoms with Gasteiger partial charge in [0.2, 0.25) is 5.88 Å². The third-order valence-corrected chi connectivity index (χ3v) is 3.01.